The van der Waals surface area contributed by atoms with Gasteiger partial charge in [0.25, 0.3) is 5.91 Å². The highest BCUT2D eigenvalue weighted by Crippen LogP contribution is 2.18. The fourth-order valence-corrected chi connectivity index (χ4v) is 2.63. The SMILES string of the molecule is Cn1ncc(C(=O)N2CCCCC2)c1-n1cccc1. The summed E-state index contributed by atoms with van der Waals surface area (Å²) in [5, 5.41) is 4.24. The second kappa shape index (κ2) is 4.91. The van der Waals surface area contributed by atoms with Crippen LogP contribution in [0.3, 0.4) is 0 Å². The molecule has 3 heterocycles. The second-order valence-electron chi connectivity index (χ2n) is 4.95. The van der Waals surface area contributed by atoms with Crippen LogP contribution < -0.4 is 0 Å². The molecule has 1 fully saturated rings. The van der Waals surface area contributed by atoms with Gasteiger partial charge in [-0.05, 0) is 31.4 Å². The van der Waals surface area contributed by atoms with Gasteiger partial charge < -0.3 is 9.47 Å². The molecule has 0 bridgehead atoms. The van der Waals surface area contributed by atoms with Crippen LogP contribution in [0.4, 0.5) is 0 Å². The van der Waals surface area contributed by atoms with Crippen molar-refractivity contribution in [1.29, 1.82) is 0 Å². The highest BCUT2D eigenvalue weighted by atomic mass is 16.2. The van der Waals surface area contributed by atoms with E-state index in [1.165, 1.54) is 6.42 Å². The van der Waals surface area contributed by atoms with E-state index in [1.54, 1.807) is 10.9 Å². The Bertz CT molecular complexity index is 564. The van der Waals surface area contributed by atoms with E-state index in [4.69, 9.17) is 0 Å². The first kappa shape index (κ1) is 12.0. The lowest BCUT2D eigenvalue weighted by atomic mass is 10.1. The average Bonchev–Trinajstić information content (AvgIpc) is 3.08. The summed E-state index contributed by atoms with van der Waals surface area (Å²) in [6.45, 7) is 1.72. The number of aryl methyl sites for hydroxylation is 1. The zero-order valence-electron chi connectivity index (χ0n) is 11.1. The Kier molecular flexibility index (Phi) is 3.11. The van der Waals surface area contributed by atoms with Crippen LogP contribution in [-0.2, 0) is 7.05 Å². The van der Waals surface area contributed by atoms with E-state index in [9.17, 15) is 4.79 Å². The molecule has 5 nitrogen and oxygen atoms in total. The Morgan fingerprint density at radius 1 is 1.16 bits per heavy atom. The van der Waals surface area contributed by atoms with Gasteiger partial charge in [0.1, 0.15) is 11.4 Å². The van der Waals surface area contributed by atoms with Crippen molar-refractivity contribution < 1.29 is 4.79 Å². The Hall–Kier alpha value is -2.04. The number of amides is 1. The number of nitrogens with zero attached hydrogens (tertiary/aromatic N) is 4. The van der Waals surface area contributed by atoms with Gasteiger partial charge in [-0.1, -0.05) is 0 Å². The van der Waals surface area contributed by atoms with Gasteiger partial charge in [-0.25, -0.2) is 0 Å². The maximum Gasteiger partial charge on any atom is 0.259 e. The highest BCUT2D eigenvalue weighted by molar-refractivity contribution is 5.97. The molecule has 1 amide bonds. The molecule has 19 heavy (non-hydrogen) atoms. The van der Waals surface area contributed by atoms with Crippen molar-refractivity contribution in [1.82, 2.24) is 19.2 Å². The molecule has 1 aliphatic rings. The van der Waals surface area contributed by atoms with E-state index in [2.05, 4.69) is 5.10 Å². The van der Waals surface area contributed by atoms with Gasteiger partial charge in [0.2, 0.25) is 0 Å². The van der Waals surface area contributed by atoms with Gasteiger partial charge in [0.05, 0.1) is 6.20 Å². The van der Waals surface area contributed by atoms with Crippen LogP contribution in [0.5, 0.6) is 0 Å². The molecule has 0 aliphatic carbocycles. The maximum atomic E-state index is 12.6. The topological polar surface area (TPSA) is 43.1 Å². The lowest BCUT2D eigenvalue weighted by Crippen LogP contribution is -2.36. The minimum absolute atomic E-state index is 0.0940. The number of hydrogen-bond acceptors (Lipinski definition) is 2. The molecule has 1 saturated heterocycles. The average molecular weight is 258 g/mol. The lowest BCUT2D eigenvalue weighted by Gasteiger charge is -2.26. The fourth-order valence-electron chi connectivity index (χ4n) is 2.63. The van der Waals surface area contributed by atoms with E-state index in [1.807, 2.05) is 41.0 Å². The first-order valence-electron chi connectivity index (χ1n) is 6.72. The van der Waals surface area contributed by atoms with Gasteiger partial charge in [-0.2, -0.15) is 5.10 Å². The number of hydrogen-bond donors (Lipinski definition) is 0. The predicted molar refractivity (Wildman–Crippen MR) is 72.3 cm³/mol. The van der Waals surface area contributed by atoms with Gasteiger partial charge >= 0.3 is 0 Å². The van der Waals surface area contributed by atoms with Crippen LogP contribution in [-0.4, -0.2) is 38.2 Å². The molecular weight excluding hydrogens is 240 g/mol. The molecule has 0 atom stereocenters. The Balaban J connectivity index is 1.95. The maximum absolute atomic E-state index is 12.6. The number of piperidine rings is 1. The van der Waals surface area contributed by atoms with E-state index in [-0.39, 0.29) is 5.91 Å². The third kappa shape index (κ3) is 2.16. The van der Waals surface area contributed by atoms with Crippen LogP contribution in [0.2, 0.25) is 0 Å². The molecule has 0 unspecified atom stereocenters. The Labute approximate surface area is 112 Å². The van der Waals surface area contributed by atoms with Gasteiger partial charge in [-0.3, -0.25) is 9.48 Å². The van der Waals surface area contributed by atoms with Crippen LogP contribution in [0.15, 0.2) is 30.7 Å². The van der Waals surface area contributed by atoms with E-state index < -0.39 is 0 Å². The molecule has 5 heteroatoms. The summed E-state index contributed by atoms with van der Waals surface area (Å²) in [5.41, 5.74) is 0.681. The third-order valence-electron chi connectivity index (χ3n) is 3.63. The molecule has 2 aromatic rings. The monoisotopic (exact) mass is 258 g/mol. The smallest absolute Gasteiger partial charge is 0.259 e. The van der Waals surface area contributed by atoms with E-state index in [0.29, 0.717) is 5.56 Å². The molecule has 0 aromatic carbocycles. The normalized spacial score (nSPS) is 15.7. The van der Waals surface area contributed by atoms with Crippen molar-refractivity contribution in [3.8, 4) is 5.82 Å². The molecular formula is C14H18N4O. The second-order valence-corrected chi connectivity index (χ2v) is 4.95. The Morgan fingerprint density at radius 2 is 1.84 bits per heavy atom. The summed E-state index contributed by atoms with van der Waals surface area (Å²) >= 11 is 0. The quantitative estimate of drug-likeness (QED) is 0.825. The van der Waals surface area contributed by atoms with Gasteiger partial charge in [-0.15, -0.1) is 0 Å². The molecule has 0 radical (unpaired) electrons. The minimum Gasteiger partial charge on any atom is -0.338 e. The van der Waals surface area contributed by atoms with E-state index in [0.717, 1.165) is 31.7 Å². The molecule has 0 saturated carbocycles. The first-order valence-corrected chi connectivity index (χ1v) is 6.72. The largest absolute Gasteiger partial charge is 0.338 e. The molecule has 2 aromatic heterocycles. The van der Waals surface area contributed by atoms with Crippen LogP contribution >= 0.6 is 0 Å². The number of carbonyl (C=O) groups is 1. The Morgan fingerprint density at radius 3 is 2.53 bits per heavy atom. The predicted octanol–water partition coefficient (Wildman–Crippen LogP) is 1.84. The summed E-state index contributed by atoms with van der Waals surface area (Å²) in [7, 11) is 1.86. The lowest BCUT2D eigenvalue weighted by molar-refractivity contribution is 0.0724. The van der Waals surface area contributed by atoms with Crippen LogP contribution in [0.25, 0.3) is 5.82 Å². The minimum atomic E-state index is 0.0940. The van der Waals surface area contributed by atoms with Crippen molar-refractivity contribution in [2.75, 3.05) is 13.1 Å². The number of rotatable bonds is 2. The standard InChI is InChI=1S/C14H18N4O/c1-16-13(17-7-5-6-8-17)12(11-15-16)14(19)18-9-3-2-4-10-18/h5-8,11H,2-4,9-10H2,1H3. The fraction of sp³-hybridized carbons (Fsp3) is 0.429. The number of carbonyl (C=O) groups excluding carboxylic acids is 1. The van der Waals surface area contributed by atoms with Gasteiger partial charge in [0, 0.05) is 32.5 Å². The van der Waals surface area contributed by atoms with Crippen molar-refractivity contribution in [3.05, 3.63) is 36.3 Å². The number of aromatic nitrogens is 3. The van der Waals surface area contributed by atoms with Crippen molar-refractivity contribution in [2.24, 2.45) is 7.05 Å². The summed E-state index contributed by atoms with van der Waals surface area (Å²) in [4.78, 5) is 14.5. The molecule has 1 aliphatic heterocycles. The molecule has 3 rings (SSSR count). The molecule has 100 valence electrons. The zero-order chi connectivity index (χ0) is 13.2. The summed E-state index contributed by atoms with van der Waals surface area (Å²) in [6.07, 6.45) is 8.97. The van der Waals surface area contributed by atoms with Crippen molar-refractivity contribution in [3.63, 3.8) is 0 Å². The van der Waals surface area contributed by atoms with Crippen LogP contribution in [0, 0.1) is 0 Å². The van der Waals surface area contributed by atoms with E-state index >= 15 is 0 Å². The highest BCUT2D eigenvalue weighted by Gasteiger charge is 2.23. The number of likely N-dealkylation sites (tertiary alicyclic amines) is 1. The van der Waals surface area contributed by atoms with Crippen LogP contribution in [0.1, 0.15) is 29.6 Å². The van der Waals surface area contributed by atoms with Crippen molar-refractivity contribution >= 4 is 5.91 Å². The third-order valence-corrected chi connectivity index (χ3v) is 3.63. The summed E-state index contributed by atoms with van der Waals surface area (Å²) in [5.74, 6) is 0.928. The van der Waals surface area contributed by atoms with Gasteiger partial charge in [0.15, 0.2) is 0 Å². The summed E-state index contributed by atoms with van der Waals surface area (Å²) in [6, 6.07) is 3.89. The molecule has 0 N–H and O–H groups in total. The molecule has 0 spiro atoms. The first-order chi connectivity index (χ1) is 9.27. The van der Waals surface area contributed by atoms with Crippen molar-refractivity contribution in [2.45, 2.75) is 19.3 Å². The zero-order valence-corrected chi connectivity index (χ0v) is 11.1. The summed E-state index contributed by atoms with van der Waals surface area (Å²) < 4.78 is 3.68.